The van der Waals surface area contributed by atoms with Crippen molar-refractivity contribution in [2.45, 2.75) is 142 Å². The summed E-state index contributed by atoms with van der Waals surface area (Å²) < 4.78 is 0. The van der Waals surface area contributed by atoms with Gasteiger partial charge in [0.15, 0.2) is 0 Å². The third kappa shape index (κ3) is 15.7. The van der Waals surface area contributed by atoms with Crippen molar-refractivity contribution in [3.8, 4) is 0 Å². The molecular formula is C28H51N. The Kier molecular flexibility index (Phi) is 15.3. The van der Waals surface area contributed by atoms with Crippen LogP contribution in [0.25, 0.3) is 0 Å². The highest BCUT2D eigenvalue weighted by atomic mass is 14.7. The van der Waals surface area contributed by atoms with Crippen LogP contribution in [0, 0.1) is 0 Å². The molecule has 1 aromatic carbocycles. The summed E-state index contributed by atoms with van der Waals surface area (Å²) in [5.41, 5.74) is 9.06. The van der Waals surface area contributed by atoms with Crippen molar-refractivity contribution >= 4 is 0 Å². The van der Waals surface area contributed by atoms with Crippen LogP contribution >= 0.6 is 0 Å². The summed E-state index contributed by atoms with van der Waals surface area (Å²) in [6.07, 6.45) is 25.1. The van der Waals surface area contributed by atoms with Crippen molar-refractivity contribution in [1.29, 1.82) is 0 Å². The van der Waals surface area contributed by atoms with Gasteiger partial charge in [-0.1, -0.05) is 128 Å². The standard InChI is InChI=1S/C28H51N/c1-4-5-6-7-8-9-10-11-12-13-14-15-16-17-18-19-22-26-23-20-21-24-27(26)25-28(2,3)29/h20-21,23-24H,4-19,22,25,29H2,1-3H3. The van der Waals surface area contributed by atoms with E-state index in [1.807, 2.05) is 0 Å². The van der Waals surface area contributed by atoms with E-state index in [1.165, 1.54) is 120 Å². The van der Waals surface area contributed by atoms with Gasteiger partial charge >= 0.3 is 0 Å². The number of benzene rings is 1. The summed E-state index contributed by atoms with van der Waals surface area (Å²) in [4.78, 5) is 0. The highest BCUT2D eigenvalue weighted by molar-refractivity contribution is 5.28. The zero-order chi connectivity index (χ0) is 21.2. The summed E-state index contributed by atoms with van der Waals surface area (Å²) in [5.74, 6) is 0. The molecular weight excluding hydrogens is 350 g/mol. The third-order valence-corrected chi connectivity index (χ3v) is 6.06. The van der Waals surface area contributed by atoms with Crippen LogP contribution in [0.1, 0.15) is 135 Å². The number of unbranched alkanes of at least 4 members (excludes halogenated alkanes) is 15. The molecule has 1 rings (SSSR count). The van der Waals surface area contributed by atoms with E-state index in [0.29, 0.717) is 0 Å². The van der Waals surface area contributed by atoms with Gasteiger partial charge in [-0.15, -0.1) is 0 Å². The zero-order valence-electron chi connectivity index (χ0n) is 20.1. The van der Waals surface area contributed by atoms with E-state index in [0.717, 1.165) is 6.42 Å². The Morgan fingerprint density at radius 3 is 1.38 bits per heavy atom. The maximum atomic E-state index is 6.23. The monoisotopic (exact) mass is 401 g/mol. The second-order valence-electron chi connectivity index (χ2n) is 9.99. The highest BCUT2D eigenvalue weighted by Gasteiger charge is 2.13. The van der Waals surface area contributed by atoms with E-state index in [2.05, 4.69) is 45.0 Å². The van der Waals surface area contributed by atoms with Crippen molar-refractivity contribution in [3.63, 3.8) is 0 Å². The molecule has 0 spiro atoms. The van der Waals surface area contributed by atoms with Gasteiger partial charge in [0, 0.05) is 5.54 Å². The van der Waals surface area contributed by atoms with E-state index < -0.39 is 0 Å². The Hall–Kier alpha value is -0.820. The maximum absolute atomic E-state index is 6.23. The molecule has 0 saturated carbocycles. The SMILES string of the molecule is CCCCCCCCCCCCCCCCCCc1ccccc1CC(C)(C)N. The number of hydrogen-bond acceptors (Lipinski definition) is 1. The molecule has 0 aliphatic rings. The van der Waals surface area contributed by atoms with Gasteiger partial charge in [0.05, 0.1) is 0 Å². The Balaban J connectivity index is 1.92. The van der Waals surface area contributed by atoms with Crippen LogP contribution in [0.15, 0.2) is 24.3 Å². The van der Waals surface area contributed by atoms with Gasteiger partial charge in [-0.25, -0.2) is 0 Å². The summed E-state index contributed by atoms with van der Waals surface area (Å²) in [7, 11) is 0. The number of aryl methyl sites for hydroxylation is 1. The van der Waals surface area contributed by atoms with Crippen LogP contribution < -0.4 is 5.73 Å². The number of nitrogens with two attached hydrogens (primary N) is 1. The van der Waals surface area contributed by atoms with E-state index in [4.69, 9.17) is 5.73 Å². The lowest BCUT2D eigenvalue weighted by atomic mass is 9.91. The first-order chi connectivity index (χ1) is 14.0. The van der Waals surface area contributed by atoms with Gasteiger partial charge in [0.25, 0.3) is 0 Å². The largest absolute Gasteiger partial charge is 0.325 e. The van der Waals surface area contributed by atoms with Gasteiger partial charge in [0.2, 0.25) is 0 Å². The smallest absolute Gasteiger partial charge is 0.0138 e. The predicted octanol–water partition coefficient (Wildman–Crippen LogP) is 8.77. The maximum Gasteiger partial charge on any atom is 0.0138 e. The average Bonchev–Trinajstić information content (AvgIpc) is 2.67. The quantitative estimate of drug-likeness (QED) is 0.230. The van der Waals surface area contributed by atoms with E-state index >= 15 is 0 Å². The van der Waals surface area contributed by atoms with Crippen LogP contribution in [0.4, 0.5) is 0 Å². The Bertz CT molecular complexity index is 485. The number of hydrogen-bond donors (Lipinski definition) is 1. The molecule has 0 fully saturated rings. The lowest BCUT2D eigenvalue weighted by molar-refractivity contribution is 0.512. The van der Waals surface area contributed by atoms with Crippen LogP contribution in [-0.2, 0) is 12.8 Å². The van der Waals surface area contributed by atoms with Crippen molar-refractivity contribution < 1.29 is 0 Å². The normalized spacial score (nSPS) is 11.9. The van der Waals surface area contributed by atoms with Crippen LogP contribution in [0.5, 0.6) is 0 Å². The van der Waals surface area contributed by atoms with E-state index in [1.54, 1.807) is 0 Å². The molecule has 0 unspecified atom stereocenters. The summed E-state index contributed by atoms with van der Waals surface area (Å²) in [6, 6.07) is 8.88. The molecule has 0 bridgehead atoms. The molecule has 0 aliphatic heterocycles. The van der Waals surface area contributed by atoms with Crippen LogP contribution in [0.3, 0.4) is 0 Å². The highest BCUT2D eigenvalue weighted by Crippen LogP contribution is 2.19. The zero-order valence-corrected chi connectivity index (χ0v) is 20.1. The van der Waals surface area contributed by atoms with Gasteiger partial charge in [-0.2, -0.15) is 0 Å². The van der Waals surface area contributed by atoms with Crippen molar-refractivity contribution in [3.05, 3.63) is 35.4 Å². The van der Waals surface area contributed by atoms with Gasteiger partial charge in [-0.05, 0) is 44.2 Å². The minimum absolute atomic E-state index is 0.120. The fourth-order valence-corrected chi connectivity index (χ4v) is 4.33. The Morgan fingerprint density at radius 2 is 0.966 bits per heavy atom. The fraction of sp³-hybridized carbons (Fsp3) is 0.786. The van der Waals surface area contributed by atoms with Gasteiger partial charge in [0.1, 0.15) is 0 Å². The molecule has 0 saturated heterocycles. The molecule has 1 aromatic rings. The molecule has 0 amide bonds. The molecule has 0 atom stereocenters. The lowest BCUT2D eigenvalue weighted by Crippen LogP contribution is -2.34. The molecule has 2 N–H and O–H groups in total. The predicted molar refractivity (Wildman–Crippen MR) is 132 cm³/mol. The molecule has 1 nitrogen and oxygen atoms in total. The van der Waals surface area contributed by atoms with Gasteiger partial charge in [-0.3, -0.25) is 0 Å². The minimum Gasteiger partial charge on any atom is -0.325 e. The Labute approximate surface area is 183 Å². The molecule has 168 valence electrons. The lowest BCUT2D eigenvalue weighted by Gasteiger charge is -2.20. The number of rotatable bonds is 19. The summed E-state index contributed by atoms with van der Waals surface area (Å²) in [5, 5.41) is 0. The first kappa shape index (κ1) is 26.2. The molecule has 0 aromatic heterocycles. The van der Waals surface area contributed by atoms with Crippen molar-refractivity contribution in [2.24, 2.45) is 5.73 Å². The van der Waals surface area contributed by atoms with Crippen LogP contribution in [0.2, 0.25) is 0 Å². The molecule has 0 heterocycles. The second-order valence-corrected chi connectivity index (χ2v) is 9.99. The topological polar surface area (TPSA) is 26.0 Å². The van der Waals surface area contributed by atoms with Crippen molar-refractivity contribution in [2.75, 3.05) is 0 Å². The average molecular weight is 402 g/mol. The van der Waals surface area contributed by atoms with E-state index in [-0.39, 0.29) is 5.54 Å². The first-order valence-corrected chi connectivity index (χ1v) is 12.9. The third-order valence-electron chi connectivity index (χ3n) is 6.06. The molecule has 29 heavy (non-hydrogen) atoms. The van der Waals surface area contributed by atoms with Crippen LogP contribution in [-0.4, -0.2) is 5.54 Å². The van der Waals surface area contributed by atoms with Crippen molar-refractivity contribution in [1.82, 2.24) is 0 Å². The molecule has 0 radical (unpaired) electrons. The second kappa shape index (κ2) is 16.9. The summed E-state index contributed by atoms with van der Waals surface area (Å²) >= 11 is 0. The van der Waals surface area contributed by atoms with E-state index in [9.17, 15) is 0 Å². The molecule has 1 heteroatoms. The first-order valence-electron chi connectivity index (χ1n) is 12.9. The fourth-order valence-electron chi connectivity index (χ4n) is 4.33. The van der Waals surface area contributed by atoms with Gasteiger partial charge < -0.3 is 5.73 Å². The minimum atomic E-state index is -0.120. The molecule has 0 aliphatic carbocycles. The summed E-state index contributed by atoms with van der Waals surface area (Å²) in [6.45, 7) is 6.54. The Morgan fingerprint density at radius 1 is 0.586 bits per heavy atom.